The number of anilines is 1. The number of nitrogens with one attached hydrogen (secondary N) is 1. The van der Waals surface area contributed by atoms with E-state index in [1.54, 1.807) is 19.9 Å². The van der Waals surface area contributed by atoms with Crippen LogP contribution in [0.2, 0.25) is 0 Å². The van der Waals surface area contributed by atoms with Crippen molar-refractivity contribution >= 4 is 37.5 Å². The summed E-state index contributed by atoms with van der Waals surface area (Å²) in [5.74, 6) is 0.176. The van der Waals surface area contributed by atoms with E-state index >= 15 is 0 Å². The molecule has 0 atom stereocenters. The number of amides is 1. The lowest BCUT2D eigenvalue weighted by atomic mass is 10.1. The molecule has 1 amide bonds. The Hall–Kier alpha value is -1.90. The lowest BCUT2D eigenvalue weighted by Gasteiger charge is -2.20. The first-order chi connectivity index (χ1) is 13.7. The quantitative estimate of drug-likeness (QED) is 0.572. The van der Waals surface area contributed by atoms with Crippen LogP contribution in [0.25, 0.3) is 0 Å². The van der Waals surface area contributed by atoms with Crippen molar-refractivity contribution < 1.29 is 17.9 Å². The van der Waals surface area contributed by atoms with Gasteiger partial charge in [-0.2, -0.15) is 4.31 Å². The Bertz CT molecular complexity index is 957. The van der Waals surface area contributed by atoms with Gasteiger partial charge in [0.2, 0.25) is 15.9 Å². The maximum Gasteiger partial charge on any atom is 0.243 e. The van der Waals surface area contributed by atoms with Gasteiger partial charge in [-0.25, -0.2) is 8.42 Å². The summed E-state index contributed by atoms with van der Waals surface area (Å²) in [6.07, 6.45) is 0.0362. The van der Waals surface area contributed by atoms with Gasteiger partial charge in [-0.1, -0.05) is 41.9 Å². The van der Waals surface area contributed by atoms with Crippen LogP contribution in [-0.4, -0.2) is 37.8 Å². The highest BCUT2D eigenvalue weighted by atomic mass is 79.9. The number of ether oxygens (including phenoxy) is 1. The molecule has 0 aliphatic heterocycles. The summed E-state index contributed by atoms with van der Waals surface area (Å²) in [6, 6.07) is 12.0. The minimum Gasteiger partial charge on any atom is -0.489 e. The molecule has 0 saturated carbocycles. The molecule has 1 N–H and O–H groups in total. The first-order valence-corrected chi connectivity index (χ1v) is 11.8. The van der Waals surface area contributed by atoms with Gasteiger partial charge in [0.25, 0.3) is 0 Å². The zero-order valence-electron chi connectivity index (χ0n) is 17.1. The molecule has 29 heavy (non-hydrogen) atoms. The largest absolute Gasteiger partial charge is 0.489 e. The van der Waals surface area contributed by atoms with Crippen molar-refractivity contribution in [2.75, 3.05) is 18.4 Å². The van der Waals surface area contributed by atoms with Crippen LogP contribution in [0.4, 0.5) is 5.69 Å². The Balaban J connectivity index is 2.35. The van der Waals surface area contributed by atoms with Gasteiger partial charge in [-0.05, 0) is 49.7 Å². The molecule has 0 aliphatic rings. The Morgan fingerprint density at radius 2 is 1.83 bits per heavy atom. The monoisotopic (exact) mass is 482 g/mol. The van der Waals surface area contributed by atoms with E-state index in [-0.39, 0.29) is 23.3 Å². The van der Waals surface area contributed by atoms with Crippen LogP contribution in [0.1, 0.15) is 33.3 Å². The third-order valence-electron chi connectivity index (χ3n) is 4.18. The van der Waals surface area contributed by atoms with Crippen molar-refractivity contribution in [3.8, 4) is 5.75 Å². The van der Waals surface area contributed by atoms with Crippen LogP contribution in [0.3, 0.4) is 0 Å². The van der Waals surface area contributed by atoms with E-state index in [0.717, 1.165) is 10.0 Å². The minimum absolute atomic E-state index is 0.120. The summed E-state index contributed by atoms with van der Waals surface area (Å²) in [4.78, 5) is 12.7. The predicted octanol–water partition coefficient (Wildman–Crippen LogP) is 4.45. The second-order valence-electron chi connectivity index (χ2n) is 6.77. The summed E-state index contributed by atoms with van der Waals surface area (Å²) >= 11 is 3.39. The molecule has 0 bridgehead atoms. The van der Waals surface area contributed by atoms with Crippen molar-refractivity contribution in [2.24, 2.45) is 0 Å². The molecule has 158 valence electrons. The predicted molar refractivity (Wildman–Crippen MR) is 119 cm³/mol. The first kappa shape index (κ1) is 23.4. The molecule has 0 fully saturated rings. The van der Waals surface area contributed by atoms with Crippen molar-refractivity contribution in [1.29, 1.82) is 0 Å². The highest BCUT2D eigenvalue weighted by molar-refractivity contribution is 9.10. The molecular weight excluding hydrogens is 456 g/mol. The molecule has 0 unspecified atom stereocenters. The van der Waals surface area contributed by atoms with Gasteiger partial charge in [0.05, 0.1) is 23.1 Å². The molecule has 2 aromatic rings. The topological polar surface area (TPSA) is 75.7 Å². The SMILES string of the molecule is CCN(CC)S(=O)(=O)c1ccc(OC(C)C)c(NC(=O)Cc2cccc(Br)c2)c1. The highest BCUT2D eigenvalue weighted by Gasteiger charge is 2.23. The summed E-state index contributed by atoms with van der Waals surface area (Å²) in [7, 11) is -3.65. The molecule has 0 radical (unpaired) electrons. The summed E-state index contributed by atoms with van der Waals surface area (Å²) in [5.41, 5.74) is 1.18. The number of hydrogen-bond donors (Lipinski definition) is 1. The van der Waals surface area contributed by atoms with Crippen LogP contribution in [0.15, 0.2) is 51.8 Å². The van der Waals surface area contributed by atoms with E-state index in [2.05, 4.69) is 21.2 Å². The van der Waals surface area contributed by atoms with Gasteiger partial charge >= 0.3 is 0 Å². The van der Waals surface area contributed by atoms with Crippen molar-refractivity contribution in [3.05, 3.63) is 52.5 Å². The molecule has 0 spiro atoms. The van der Waals surface area contributed by atoms with Crippen molar-refractivity contribution in [1.82, 2.24) is 4.31 Å². The van der Waals surface area contributed by atoms with Gasteiger partial charge in [0.15, 0.2) is 0 Å². The Morgan fingerprint density at radius 3 is 2.41 bits per heavy atom. The van der Waals surface area contributed by atoms with Crippen LogP contribution < -0.4 is 10.1 Å². The van der Waals surface area contributed by atoms with Gasteiger partial charge in [-0.3, -0.25) is 4.79 Å². The van der Waals surface area contributed by atoms with E-state index in [1.165, 1.54) is 16.4 Å². The highest BCUT2D eigenvalue weighted by Crippen LogP contribution is 2.30. The fourth-order valence-electron chi connectivity index (χ4n) is 2.86. The lowest BCUT2D eigenvalue weighted by Crippen LogP contribution is -2.30. The van der Waals surface area contributed by atoms with E-state index in [0.29, 0.717) is 24.5 Å². The van der Waals surface area contributed by atoms with Gasteiger partial charge in [0.1, 0.15) is 5.75 Å². The maximum atomic E-state index is 12.9. The molecule has 2 rings (SSSR count). The van der Waals surface area contributed by atoms with Crippen LogP contribution >= 0.6 is 15.9 Å². The van der Waals surface area contributed by atoms with Crippen LogP contribution in [0, 0.1) is 0 Å². The average molecular weight is 483 g/mol. The van der Waals surface area contributed by atoms with E-state index in [4.69, 9.17) is 4.74 Å². The minimum atomic E-state index is -3.65. The molecule has 6 nitrogen and oxygen atoms in total. The fraction of sp³-hybridized carbons (Fsp3) is 0.381. The van der Waals surface area contributed by atoms with Crippen LogP contribution in [-0.2, 0) is 21.2 Å². The van der Waals surface area contributed by atoms with E-state index in [1.807, 2.05) is 38.1 Å². The molecule has 8 heteroatoms. The third kappa shape index (κ3) is 6.29. The summed E-state index contributed by atoms with van der Waals surface area (Å²) in [5, 5.41) is 2.81. The van der Waals surface area contributed by atoms with Gasteiger partial charge in [-0.15, -0.1) is 0 Å². The Kier molecular flexibility index (Phi) is 8.24. The first-order valence-electron chi connectivity index (χ1n) is 9.52. The number of carbonyl (C=O) groups excluding carboxylic acids is 1. The van der Waals surface area contributed by atoms with Crippen LogP contribution in [0.5, 0.6) is 5.75 Å². The normalized spacial score (nSPS) is 11.7. The van der Waals surface area contributed by atoms with E-state index in [9.17, 15) is 13.2 Å². The standard InChI is InChI=1S/C21H27BrN2O4S/c1-5-24(6-2)29(26,27)18-10-11-20(28-15(3)4)19(14-18)23-21(25)13-16-8-7-9-17(22)12-16/h7-12,14-15H,5-6,13H2,1-4H3,(H,23,25). The number of hydrogen-bond acceptors (Lipinski definition) is 4. The van der Waals surface area contributed by atoms with Gasteiger partial charge < -0.3 is 10.1 Å². The number of sulfonamides is 1. The van der Waals surface area contributed by atoms with Crippen molar-refractivity contribution in [2.45, 2.75) is 45.1 Å². The summed E-state index contributed by atoms with van der Waals surface area (Å²) in [6.45, 7) is 8.05. The maximum absolute atomic E-state index is 12.9. The smallest absolute Gasteiger partial charge is 0.243 e. The molecule has 0 aromatic heterocycles. The zero-order valence-corrected chi connectivity index (χ0v) is 19.5. The second kappa shape index (κ2) is 10.2. The van der Waals surface area contributed by atoms with E-state index < -0.39 is 10.0 Å². The Labute approximate surface area is 181 Å². The Morgan fingerprint density at radius 1 is 1.14 bits per heavy atom. The fourth-order valence-corrected chi connectivity index (χ4v) is 4.79. The summed E-state index contributed by atoms with van der Waals surface area (Å²) < 4.78 is 33.8. The molecule has 0 heterocycles. The number of benzene rings is 2. The number of nitrogens with zero attached hydrogens (tertiary/aromatic N) is 1. The lowest BCUT2D eigenvalue weighted by molar-refractivity contribution is -0.115. The van der Waals surface area contributed by atoms with Gasteiger partial charge in [0, 0.05) is 17.6 Å². The third-order valence-corrected chi connectivity index (χ3v) is 6.72. The molecule has 0 aliphatic carbocycles. The molecular formula is C21H27BrN2O4S. The number of rotatable bonds is 9. The number of halogens is 1. The van der Waals surface area contributed by atoms with Crippen molar-refractivity contribution in [3.63, 3.8) is 0 Å². The second-order valence-corrected chi connectivity index (χ2v) is 9.62. The molecule has 2 aromatic carbocycles. The average Bonchev–Trinajstić information content (AvgIpc) is 2.63. The zero-order chi connectivity index (χ0) is 21.6. The molecule has 0 saturated heterocycles. The number of carbonyl (C=O) groups is 1.